The molecule has 2 rings (SSSR count). The molecule has 1 aliphatic rings. The van der Waals surface area contributed by atoms with Crippen molar-refractivity contribution in [3.63, 3.8) is 0 Å². The average Bonchev–Trinajstić information content (AvgIpc) is 2.37. The number of nitrogens with zero attached hydrogens (tertiary/aromatic N) is 2. The highest BCUT2D eigenvalue weighted by molar-refractivity contribution is 5.92. The SMILES string of the molecule is CC1CCCC(CNc2nnccc2C(=O)O)C1. The van der Waals surface area contributed by atoms with Crippen molar-refractivity contribution in [3.05, 3.63) is 17.8 Å². The molecule has 0 spiro atoms. The van der Waals surface area contributed by atoms with Gasteiger partial charge in [-0.25, -0.2) is 4.79 Å². The fraction of sp³-hybridized carbons (Fsp3) is 0.615. The molecule has 0 aliphatic heterocycles. The third kappa shape index (κ3) is 3.18. The molecule has 5 heteroatoms. The van der Waals surface area contributed by atoms with Gasteiger partial charge in [-0.1, -0.05) is 19.8 Å². The molecule has 0 amide bonds. The fourth-order valence-electron chi connectivity index (χ4n) is 2.62. The number of nitrogens with one attached hydrogen (secondary N) is 1. The zero-order valence-electron chi connectivity index (χ0n) is 10.6. The van der Waals surface area contributed by atoms with Gasteiger partial charge in [-0.3, -0.25) is 0 Å². The van der Waals surface area contributed by atoms with Gasteiger partial charge in [0.25, 0.3) is 0 Å². The maximum atomic E-state index is 11.0. The van der Waals surface area contributed by atoms with Crippen molar-refractivity contribution in [2.24, 2.45) is 11.8 Å². The first kappa shape index (κ1) is 12.8. The summed E-state index contributed by atoms with van der Waals surface area (Å²) in [6, 6.07) is 1.47. The molecular formula is C13H19N3O2. The number of aromatic nitrogens is 2. The molecule has 2 N–H and O–H groups in total. The number of anilines is 1. The van der Waals surface area contributed by atoms with Crippen molar-refractivity contribution < 1.29 is 9.90 Å². The van der Waals surface area contributed by atoms with E-state index in [1.807, 2.05) is 0 Å². The van der Waals surface area contributed by atoms with Crippen molar-refractivity contribution in [3.8, 4) is 0 Å². The Morgan fingerprint density at radius 1 is 1.56 bits per heavy atom. The Balaban J connectivity index is 1.95. The minimum Gasteiger partial charge on any atom is -0.478 e. The summed E-state index contributed by atoms with van der Waals surface area (Å²) >= 11 is 0. The Kier molecular flexibility index (Phi) is 4.12. The number of carboxylic acid groups (broad SMARTS) is 1. The summed E-state index contributed by atoms with van der Waals surface area (Å²) in [6.07, 6.45) is 6.38. The molecule has 1 saturated carbocycles. The molecule has 2 atom stereocenters. The molecule has 18 heavy (non-hydrogen) atoms. The first-order chi connectivity index (χ1) is 8.66. The summed E-state index contributed by atoms with van der Waals surface area (Å²) in [7, 11) is 0. The normalized spacial score (nSPS) is 23.6. The van der Waals surface area contributed by atoms with Crippen LogP contribution in [-0.2, 0) is 0 Å². The minimum absolute atomic E-state index is 0.189. The molecular weight excluding hydrogens is 230 g/mol. The second-order valence-corrected chi connectivity index (χ2v) is 5.12. The minimum atomic E-state index is -0.968. The summed E-state index contributed by atoms with van der Waals surface area (Å²) in [6.45, 7) is 3.06. The standard InChI is InChI=1S/C13H19N3O2/c1-9-3-2-4-10(7-9)8-14-12-11(13(17)18)5-6-15-16-12/h5-6,9-10H,2-4,7-8H2,1H3,(H,14,16)(H,17,18). The van der Waals surface area contributed by atoms with E-state index >= 15 is 0 Å². The highest BCUT2D eigenvalue weighted by Gasteiger charge is 2.19. The van der Waals surface area contributed by atoms with Crippen LogP contribution in [0, 0.1) is 11.8 Å². The predicted octanol–water partition coefficient (Wildman–Crippen LogP) is 2.41. The van der Waals surface area contributed by atoms with Gasteiger partial charge in [0, 0.05) is 6.54 Å². The van der Waals surface area contributed by atoms with Gasteiger partial charge < -0.3 is 10.4 Å². The van der Waals surface area contributed by atoms with Crippen LogP contribution >= 0.6 is 0 Å². The zero-order chi connectivity index (χ0) is 13.0. The Hall–Kier alpha value is -1.65. The third-order valence-corrected chi connectivity index (χ3v) is 3.55. The van der Waals surface area contributed by atoms with E-state index in [9.17, 15) is 4.79 Å². The van der Waals surface area contributed by atoms with E-state index in [-0.39, 0.29) is 5.56 Å². The number of rotatable bonds is 4. The molecule has 5 nitrogen and oxygen atoms in total. The lowest BCUT2D eigenvalue weighted by molar-refractivity contribution is 0.0697. The second kappa shape index (κ2) is 5.80. The largest absolute Gasteiger partial charge is 0.478 e. The van der Waals surface area contributed by atoms with Gasteiger partial charge in [0.2, 0.25) is 0 Å². The smallest absolute Gasteiger partial charge is 0.339 e. The van der Waals surface area contributed by atoms with Crippen molar-refractivity contribution >= 4 is 11.8 Å². The maximum absolute atomic E-state index is 11.0. The van der Waals surface area contributed by atoms with Gasteiger partial charge >= 0.3 is 5.97 Å². The Morgan fingerprint density at radius 3 is 3.11 bits per heavy atom. The van der Waals surface area contributed by atoms with E-state index in [4.69, 9.17) is 5.11 Å². The van der Waals surface area contributed by atoms with Gasteiger partial charge in [-0.2, -0.15) is 5.10 Å². The second-order valence-electron chi connectivity index (χ2n) is 5.12. The van der Waals surface area contributed by atoms with Crippen molar-refractivity contribution in [1.82, 2.24) is 10.2 Å². The first-order valence-corrected chi connectivity index (χ1v) is 6.45. The molecule has 2 unspecified atom stereocenters. The summed E-state index contributed by atoms with van der Waals surface area (Å²) in [5.74, 6) is 0.788. The Morgan fingerprint density at radius 2 is 2.39 bits per heavy atom. The van der Waals surface area contributed by atoms with Crippen molar-refractivity contribution in [1.29, 1.82) is 0 Å². The average molecular weight is 249 g/mol. The molecule has 98 valence electrons. The highest BCUT2D eigenvalue weighted by atomic mass is 16.4. The molecule has 0 saturated heterocycles. The maximum Gasteiger partial charge on any atom is 0.339 e. The van der Waals surface area contributed by atoms with Gasteiger partial charge in [-0.15, -0.1) is 5.10 Å². The van der Waals surface area contributed by atoms with E-state index < -0.39 is 5.97 Å². The molecule has 0 radical (unpaired) electrons. The summed E-state index contributed by atoms with van der Waals surface area (Å²) in [5, 5.41) is 19.8. The van der Waals surface area contributed by atoms with Crippen LogP contribution in [0.25, 0.3) is 0 Å². The van der Waals surface area contributed by atoms with E-state index in [0.29, 0.717) is 11.7 Å². The quantitative estimate of drug-likeness (QED) is 0.857. The molecule has 1 aromatic rings. The summed E-state index contributed by atoms with van der Waals surface area (Å²) < 4.78 is 0. The van der Waals surface area contributed by atoms with Crippen LogP contribution in [0.2, 0.25) is 0 Å². The zero-order valence-corrected chi connectivity index (χ0v) is 10.6. The van der Waals surface area contributed by atoms with Gasteiger partial charge in [-0.05, 0) is 30.7 Å². The molecule has 1 aromatic heterocycles. The van der Waals surface area contributed by atoms with Crippen molar-refractivity contribution in [2.45, 2.75) is 32.6 Å². The number of aromatic carboxylic acids is 1. The lowest BCUT2D eigenvalue weighted by Gasteiger charge is -2.26. The van der Waals surface area contributed by atoms with Gasteiger partial charge in [0.05, 0.1) is 6.20 Å². The fourth-order valence-corrected chi connectivity index (χ4v) is 2.62. The Bertz CT molecular complexity index is 422. The lowest BCUT2D eigenvalue weighted by atomic mass is 9.82. The monoisotopic (exact) mass is 249 g/mol. The van der Waals surface area contributed by atoms with Crippen LogP contribution in [0.15, 0.2) is 12.3 Å². The summed E-state index contributed by atoms with van der Waals surface area (Å²) in [4.78, 5) is 11.0. The topological polar surface area (TPSA) is 75.1 Å². The van der Waals surface area contributed by atoms with E-state index in [0.717, 1.165) is 12.5 Å². The summed E-state index contributed by atoms with van der Waals surface area (Å²) in [5.41, 5.74) is 0.189. The van der Waals surface area contributed by atoms with E-state index in [1.165, 1.54) is 37.9 Å². The van der Waals surface area contributed by atoms with E-state index in [1.54, 1.807) is 0 Å². The van der Waals surface area contributed by atoms with Crippen LogP contribution in [0.1, 0.15) is 43.0 Å². The van der Waals surface area contributed by atoms with Crippen LogP contribution in [-0.4, -0.2) is 27.8 Å². The van der Waals surface area contributed by atoms with Crippen LogP contribution < -0.4 is 5.32 Å². The Labute approximate surface area is 107 Å². The molecule has 0 bridgehead atoms. The van der Waals surface area contributed by atoms with Crippen LogP contribution in [0.4, 0.5) is 5.82 Å². The van der Waals surface area contributed by atoms with Crippen molar-refractivity contribution in [2.75, 3.05) is 11.9 Å². The van der Waals surface area contributed by atoms with Crippen LogP contribution in [0.5, 0.6) is 0 Å². The molecule has 0 aromatic carbocycles. The molecule has 1 aliphatic carbocycles. The molecule has 1 fully saturated rings. The third-order valence-electron chi connectivity index (χ3n) is 3.55. The number of carbonyl (C=O) groups is 1. The first-order valence-electron chi connectivity index (χ1n) is 6.45. The number of hydrogen-bond acceptors (Lipinski definition) is 4. The van der Waals surface area contributed by atoms with E-state index in [2.05, 4.69) is 22.4 Å². The highest BCUT2D eigenvalue weighted by Crippen LogP contribution is 2.28. The number of hydrogen-bond donors (Lipinski definition) is 2. The van der Waals surface area contributed by atoms with Crippen LogP contribution in [0.3, 0.4) is 0 Å². The lowest BCUT2D eigenvalue weighted by Crippen LogP contribution is -2.22. The number of carboxylic acids is 1. The van der Waals surface area contributed by atoms with Gasteiger partial charge in [0.1, 0.15) is 5.56 Å². The molecule has 1 heterocycles. The van der Waals surface area contributed by atoms with Gasteiger partial charge in [0.15, 0.2) is 5.82 Å². The predicted molar refractivity (Wildman–Crippen MR) is 68.6 cm³/mol.